The summed E-state index contributed by atoms with van der Waals surface area (Å²) < 4.78 is 13.1. The van der Waals surface area contributed by atoms with Gasteiger partial charge in [-0.05, 0) is 42.4 Å². The van der Waals surface area contributed by atoms with Gasteiger partial charge in [0.15, 0.2) is 0 Å². The topological polar surface area (TPSA) is 46.3 Å². The zero-order chi connectivity index (χ0) is 14.5. The summed E-state index contributed by atoms with van der Waals surface area (Å²) in [6, 6.07) is 13.8. The maximum absolute atomic E-state index is 13.1. The van der Waals surface area contributed by atoms with Gasteiger partial charge in [0.2, 0.25) is 5.91 Å². The minimum atomic E-state index is -0.431. The Morgan fingerprint density at radius 1 is 1.10 bits per heavy atom. The first-order valence-corrected chi connectivity index (χ1v) is 6.36. The summed E-state index contributed by atoms with van der Waals surface area (Å²) in [6.07, 6.45) is 0. The van der Waals surface area contributed by atoms with Crippen molar-refractivity contribution in [2.24, 2.45) is 5.73 Å². The van der Waals surface area contributed by atoms with Crippen LogP contribution in [0.1, 0.15) is 21.5 Å². The van der Waals surface area contributed by atoms with E-state index in [1.165, 1.54) is 12.1 Å². The van der Waals surface area contributed by atoms with Gasteiger partial charge in [-0.1, -0.05) is 24.3 Å². The Bertz CT molecular complexity index is 613. The van der Waals surface area contributed by atoms with Crippen molar-refractivity contribution in [3.63, 3.8) is 0 Å². The Hall–Kier alpha value is -2.20. The lowest BCUT2D eigenvalue weighted by Gasteiger charge is -2.17. The van der Waals surface area contributed by atoms with Gasteiger partial charge in [0, 0.05) is 18.7 Å². The Morgan fingerprint density at radius 2 is 1.70 bits per heavy atom. The van der Waals surface area contributed by atoms with Gasteiger partial charge >= 0.3 is 0 Å². The fraction of sp³-hybridized carbons (Fsp3) is 0.188. The molecule has 0 heterocycles. The largest absolute Gasteiger partial charge is 0.366 e. The van der Waals surface area contributed by atoms with Gasteiger partial charge in [0.25, 0.3) is 0 Å². The smallest absolute Gasteiger partial charge is 0.248 e. The van der Waals surface area contributed by atoms with Crippen LogP contribution in [0.2, 0.25) is 0 Å². The first-order chi connectivity index (χ1) is 9.54. The minimum Gasteiger partial charge on any atom is -0.366 e. The molecule has 0 saturated carbocycles. The second-order valence-corrected chi connectivity index (χ2v) is 4.87. The quantitative estimate of drug-likeness (QED) is 0.909. The van der Waals surface area contributed by atoms with E-state index in [0.29, 0.717) is 18.7 Å². The molecule has 0 aliphatic rings. The second kappa shape index (κ2) is 6.30. The molecule has 0 aliphatic heterocycles. The number of amides is 1. The van der Waals surface area contributed by atoms with E-state index in [1.807, 2.05) is 25.2 Å². The van der Waals surface area contributed by atoms with Crippen molar-refractivity contribution < 1.29 is 9.18 Å². The maximum Gasteiger partial charge on any atom is 0.248 e. The molecule has 2 aromatic rings. The number of nitrogens with two attached hydrogens (primary N) is 1. The van der Waals surface area contributed by atoms with Crippen LogP contribution < -0.4 is 5.73 Å². The lowest BCUT2D eigenvalue weighted by molar-refractivity contribution is 0.1000. The molecular formula is C16H17FN2O. The Balaban J connectivity index is 2.02. The molecule has 0 unspecified atom stereocenters. The third-order valence-electron chi connectivity index (χ3n) is 3.01. The van der Waals surface area contributed by atoms with Crippen LogP contribution in [0.3, 0.4) is 0 Å². The molecule has 0 fully saturated rings. The van der Waals surface area contributed by atoms with E-state index in [0.717, 1.165) is 11.1 Å². The predicted molar refractivity (Wildman–Crippen MR) is 76.5 cm³/mol. The summed E-state index contributed by atoms with van der Waals surface area (Å²) in [4.78, 5) is 13.2. The summed E-state index contributed by atoms with van der Waals surface area (Å²) >= 11 is 0. The van der Waals surface area contributed by atoms with Crippen molar-refractivity contribution in [1.82, 2.24) is 4.90 Å². The molecule has 0 atom stereocenters. The number of halogens is 1. The third kappa shape index (κ3) is 3.90. The minimum absolute atomic E-state index is 0.230. The van der Waals surface area contributed by atoms with Crippen LogP contribution >= 0.6 is 0 Å². The van der Waals surface area contributed by atoms with Crippen molar-refractivity contribution in [3.8, 4) is 0 Å². The number of nitrogens with zero attached hydrogens (tertiary/aromatic N) is 1. The van der Waals surface area contributed by atoms with Crippen LogP contribution in [0.5, 0.6) is 0 Å². The van der Waals surface area contributed by atoms with Gasteiger partial charge < -0.3 is 5.73 Å². The van der Waals surface area contributed by atoms with E-state index in [9.17, 15) is 9.18 Å². The first-order valence-electron chi connectivity index (χ1n) is 6.36. The van der Waals surface area contributed by atoms with E-state index in [4.69, 9.17) is 5.73 Å². The Kier molecular flexibility index (Phi) is 4.48. The van der Waals surface area contributed by atoms with Crippen LogP contribution in [-0.4, -0.2) is 17.9 Å². The molecule has 2 rings (SSSR count). The molecule has 0 saturated heterocycles. The number of primary amides is 1. The van der Waals surface area contributed by atoms with Gasteiger partial charge in [0.05, 0.1) is 0 Å². The normalized spacial score (nSPS) is 10.8. The van der Waals surface area contributed by atoms with Crippen molar-refractivity contribution in [2.45, 2.75) is 13.1 Å². The van der Waals surface area contributed by atoms with Gasteiger partial charge in [-0.3, -0.25) is 9.69 Å². The Labute approximate surface area is 117 Å². The lowest BCUT2D eigenvalue weighted by atomic mass is 10.1. The number of rotatable bonds is 5. The average molecular weight is 272 g/mol. The summed E-state index contributed by atoms with van der Waals surface area (Å²) in [5.74, 6) is -0.661. The highest BCUT2D eigenvalue weighted by atomic mass is 19.1. The van der Waals surface area contributed by atoms with E-state index >= 15 is 0 Å². The van der Waals surface area contributed by atoms with Crippen LogP contribution in [0, 0.1) is 5.82 Å². The molecule has 1 amide bonds. The molecule has 3 nitrogen and oxygen atoms in total. The van der Waals surface area contributed by atoms with Gasteiger partial charge in [-0.15, -0.1) is 0 Å². The van der Waals surface area contributed by atoms with Gasteiger partial charge in [-0.2, -0.15) is 0 Å². The number of carbonyl (C=O) groups is 1. The molecule has 2 N–H and O–H groups in total. The van der Waals surface area contributed by atoms with E-state index in [1.54, 1.807) is 18.2 Å². The van der Waals surface area contributed by atoms with Crippen LogP contribution in [0.25, 0.3) is 0 Å². The predicted octanol–water partition coefficient (Wildman–Crippen LogP) is 2.56. The molecule has 0 spiro atoms. The first kappa shape index (κ1) is 14.2. The van der Waals surface area contributed by atoms with Crippen LogP contribution in [0.15, 0.2) is 48.5 Å². The third-order valence-corrected chi connectivity index (χ3v) is 3.01. The molecule has 2 aromatic carbocycles. The van der Waals surface area contributed by atoms with Crippen molar-refractivity contribution in [3.05, 3.63) is 71.0 Å². The fourth-order valence-electron chi connectivity index (χ4n) is 2.14. The molecular weight excluding hydrogens is 255 g/mol. The van der Waals surface area contributed by atoms with Crippen LogP contribution in [-0.2, 0) is 13.1 Å². The molecule has 0 aliphatic carbocycles. The summed E-state index contributed by atoms with van der Waals surface area (Å²) in [5.41, 5.74) is 7.68. The number of hydrogen-bond donors (Lipinski definition) is 1. The standard InChI is InChI=1S/C16H17FN2O/c1-19(11-13-5-3-7-15(17)9-13)10-12-4-2-6-14(8-12)16(18)20/h2-9H,10-11H2,1H3,(H2,18,20). The molecule has 20 heavy (non-hydrogen) atoms. The monoisotopic (exact) mass is 272 g/mol. The van der Waals surface area contributed by atoms with Crippen molar-refractivity contribution in [1.29, 1.82) is 0 Å². The summed E-state index contributed by atoms with van der Waals surface area (Å²) in [6.45, 7) is 1.30. The number of hydrogen-bond acceptors (Lipinski definition) is 2. The molecule has 4 heteroatoms. The van der Waals surface area contributed by atoms with Crippen LogP contribution in [0.4, 0.5) is 4.39 Å². The molecule has 104 valence electrons. The summed E-state index contributed by atoms with van der Waals surface area (Å²) in [7, 11) is 1.95. The van der Waals surface area contributed by atoms with Gasteiger partial charge in [0.1, 0.15) is 5.82 Å². The van der Waals surface area contributed by atoms with Crippen molar-refractivity contribution in [2.75, 3.05) is 7.05 Å². The lowest BCUT2D eigenvalue weighted by Crippen LogP contribution is -2.18. The van der Waals surface area contributed by atoms with Gasteiger partial charge in [-0.25, -0.2) is 4.39 Å². The zero-order valence-electron chi connectivity index (χ0n) is 11.3. The SMILES string of the molecule is CN(Cc1cccc(F)c1)Cc1cccc(C(N)=O)c1. The maximum atomic E-state index is 13.1. The van der Waals surface area contributed by atoms with E-state index < -0.39 is 5.91 Å². The molecule has 0 radical (unpaired) electrons. The zero-order valence-corrected chi connectivity index (χ0v) is 11.3. The molecule has 0 aromatic heterocycles. The summed E-state index contributed by atoms with van der Waals surface area (Å²) in [5, 5.41) is 0. The second-order valence-electron chi connectivity index (χ2n) is 4.87. The highest BCUT2D eigenvalue weighted by Gasteiger charge is 2.05. The van der Waals surface area contributed by atoms with E-state index in [-0.39, 0.29) is 5.82 Å². The highest BCUT2D eigenvalue weighted by Crippen LogP contribution is 2.11. The highest BCUT2D eigenvalue weighted by molar-refractivity contribution is 5.92. The molecule has 0 bridgehead atoms. The number of carbonyl (C=O) groups excluding carboxylic acids is 1. The average Bonchev–Trinajstić information content (AvgIpc) is 2.38. The van der Waals surface area contributed by atoms with Crippen molar-refractivity contribution >= 4 is 5.91 Å². The number of benzene rings is 2. The Morgan fingerprint density at radius 3 is 2.30 bits per heavy atom. The fourth-order valence-corrected chi connectivity index (χ4v) is 2.14. The van der Waals surface area contributed by atoms with E-state index in [2.05, 4.69) is 4.90 Å².